The van der Waals surface area contributed by atoms with Crippen LogP contribution in [-0.2, 0) is 23.1 Å². The van der Waals surface area contributed by atoms with Crippen LogP contribution in [0.5, 0.6) is 0 Å². The van der Waals surface area contributed by atoms with Crippen LogP contribution in [0.3, 0.4) is 0 Å². The Labute approximate surface area is 199 Å². The molecule has 0 saturated carbocycles. The van der Waals surface area contributed by atoms with Crippen LogP contribution >= 0.6 is 11.3 Å². The van der Waals surface area contributed by atoms with Crippen molar-refractivity contribution >= 4 is 33.0 Å². The first-order valence-corrected chi connectivity index (χ1v) is 13.5. The first-order valence-electron chi connectivity index (χ1n) is 11.1. The van der Waals surface area contributed by atoms with Gasteiger partial charge >= 0.3 is 0 Å². The van der Waals surface area contributed by atoms with Gasteiger partial charge in [-0.15, -0.1) is 11.3 Å². The first kappa shape index (κ1) is 23.5. The molecule has 0 bridgehead atoms. The third-order valence-corrected chi connectivity index (χ3v) is 8.70. The Morgan fingerprint density at radius 2 is 1.67 bits per heavy atom. The lowest BCUT2D eigenvalue weighted by Gasteiger charge is -2.30. The van der Waals surface area contributed by atoms with Gasteiger partial charge in [0.1, 0.15) is 4.21 Å². The molecule has 1 amide bonds. The van der Waals surface area contributed by atoms with Crippen LogP contribution in [-0.4, -0.2) is 32.3 Å². The van der Waals surface area contributed by atoms with E-state index in [1.165, 1.54) is 18.4 Å². The van der Waals surface area contributed by atoms with Gasteiger partial charge in [-0.2, -0.15) is 0 Å². The maximum Gasteiger partial charge on any atom is 0.271 e. The zero-order valence-electron chi connectivity index (χ0n) is 18.7. The van der Waals surface area contributed by atoms with Crippen LogP contribution < -0.4 is 10.0 Å². The highest BCUT2D eigenvalue weighted by molar-refractivity contribution is 7.94. The van der Waals surface area contributed by atoms with Crippen LogP contribution in [0.4, 0.5) is 5.69 Å². The Balaban J connectivity index is 1.27. The monoisotopic (exact) mass is 483 g/mol. The molecule has 0 unspecified atom stereocenters. The third-order valence-electron chi connectivity index (χ3n) is 5.92. The second-order valence-electron chi connectivity index (χ2n) is 8.57. The first-order chi connectivity index (χ1) is 15.9. The molecule has 2 N–H and O–H groups in total. The molecule has 0 atom stereocenters. The molecule has 1 aromatic heterocycles. The number of nitrogens with one attached hydrogen (secondary N) is 2. The minimum Gasteiger partial charge on any atom is -0.348 e. The molecule has 2 heterocycles. The summed E-state index contributed by atoms with van der Waals surface area (Å²) in [4.78, 5) is 15.0. The molecular weight excluding hydrogens is 454 g/mol. The van der Waals surface area contributed by atoms with Gasteiger partial charge in [-0.25, -0.2) is 8.42 Å². The van der Waals surface area contributed by atoms with Crippen molar-refractivity contribution in [2.24, 2.45) is 5.92 Å². The van der Waals surface area contributed by atoms with Gasteiger partial charge in [-0.3, -0.25) is 14.4 Å². The minimum absolute atomic E-state index is 0.200. The number of sulfonamides is 1. The number of likely N-dealkylation sites (tertiary alicyclic amines) is 1. The van der Waals surface area contributed by atoms with Crippen molar-refractivity contribution in [2.45, 2.75) is 37.1 Å². The quantitative estimate of drug-likeness (QED) is 0.486. The standard InChI is InChI=1S/C25H29N3O3S2/c1-19-12-14-28(15-13-19)18-21-6-4-20(5-7-21)17-26-25(29)22-8-10-23(11-9-22)27-33(30,31)24-3-2-16-32-24/h2-11,16,19,27H,12-15,17-18H2,1H3,(H,26,29). The Morgan fingerprint density at radius 1 is 1.00 bits per heavy atom. The highest BCUT2D eigenvalue weighted by Gasteiger charge is 2.16. The number of benzene rings is 2. The topological polar surface area (TPSA) is 78.5 Å². The van der Waals surface area contributed by atoms with Gasteiger partial charge < -0.3 is 5.32 Å². The fourth-order valence-electron chi connectivity index (χ4n) is 3.84. The van der Waals surface area contributed by atoms with Gasteiger partial charge in [0, 0.05) is 24.3 Å². The normalized spacial score (nSPS) is 15.3. The molecule has 1 fully saturated rings. The van der Waals surface area contributed by atoms with Crippen LogP contribution in [0.1, 0.15) is 41.3 Å². The SMILES string of the molecule is CC1CCN(Cc2ccc(CNC(=O)c3ccc(NS(=O)(=O)c4cccs4)cc3)cc2)CC1. The largest absolute Gasteiger partial charge is 0.348 e. The van der Waals surface area contributed by atoms with E-state index < -0.39 is 10.0 Å². The Bertz CT molecular complexity index is 1150. The van der Waals surface area contributed by atoms with Crippen molar-refractivity contribution in [3.8, 4) is 0 Å². The maximum absolute atomic E-state index is 12.5. The molecule has 1 aliphatic heterocycles. The Kier molecular flexibility index (Phi) is 7.47. The molecule has 8 heteroatoms. The number of rotatable bonds is 8. The van der Waals surface area contributed by atoms with Gasteiger partial charge in [-0.05, 0) is 78.7 Å². The van der Waals surface area contributed by atoms with Gasteiger partial charge in [0.15, 0.2) is 0 Å². The number of nitrogens with zero attached hydrogens (tertiary/aromatic N) is 1. The smallest absolute Gasteiger partial charge is 0.271 e. The summed E-state index contributed by atoms with van der Waals surface area (Å²) in [7, 11) is -3.60. The van der Waals surface area contributed by atoms with Gasteiger partial charge in [0.2, 0.25) is 0 Å². The van der Waals surface area contributed by atoms with E-state index in [1.54, 1.807) is 41.8 Å². The molecule has 1 saturated heterocycles. The van der Waals surface area contributed by atoms with E-state index >= 15 is 0 Å². The van der Waals surface area contributed by atoms with E-state index in [0.717, 1.165) is 42.5 Å². The van der Waals surface area contributed by atoms with E-state index in [1.807, 2.05) is 0 Å². The summed E-state index contributed by atoms with van der Waals surface area (Å²) in [6.07, 6.45) is 2.54. The zero-order valence-corrected chi connectivity index (χ0v) is 20.3. The molecule has 4 rings (SSSR count). The number of hydrogen-bond acceptors (Lipinski definition) is 5. The third kappa shape index (κ3) is 6.43. The van der Waals surface area contributed by atoms with Crippen molar-refractivity contribution in [3.63, 3.8) is 0 Å². The molecule has 0 spiro atoms. The summed E-state index contributed by atoms with van der Waals surface area (Å²) in [5.74, 6) is 0.633. The van der Waals surface area contributed by atoms with Crippen molar-refractivity contribution in [2.75, 3.05) is 17.8 Å². The molecule has 1 aliphatic rings. The summed E-state index contributed by atoms with van der Waals surface area (Å²) < 4.78 is 27.4. The van der Waals surface area contributed by atoms with Crippen molar-refractivity contribution in [1.82, 2.24) is 10.2 Å². The average Bonchev–Trinajstić information content (AvgIpc) is 3.36. The molecule has 2 aromatic carbocycles. The van der Waals surface area contributed by atoms with Crippen LogP contribution in [0.15, 0.2) is 70.3 Å². The second-order valence-corrected chi connectivity index (χ2v) is 11.4. The molecule has 0 aliphatic carbocycles. The molecular formula is C25H29N3O3S2. The number of amides is 1. The Morgan fingerprint density at radius 3 is 2.30 bits per heavy atom. The summed E-state index contributed by atoms with van der Waals surface area (Å²) in [6, 6.07) is 18.0. The number of carbonyl (C=O) groups excluding carboxylic acids is 1. The highest BCUT2D eigenvalue weighted by Crippen LogP contribution is 2.21. The molecule has 6 nitrogen and oxygen atoms in total. The predicted octanol–water partition coefficient (Wildman–Crippen LogP) is 4.71. The summed E-state index contributed by atoms with van der Waals surface area (Å²) >= 11 is 1.15. The number of carbonyl (C=O) groups is 1. The summed E-state index contributed by atoms with van der Waals surface area (Å²) in [6.45, 7) is 6.05. The summed E-state index contributed by atoms with van der Waals surface area (Å²) in [5, 5.41) is 4.64. The number of anilines is 1. The lowest BCUT2D eigenvalue weighted by atomic mass is 9.99. The fourth-order valence-corrected chi connectivity index (χ4v) is 5.89. The van der Waals surface area contributed by atoms with E-state index in [2.05, 4.69) is 46.1 Å². The zero-order chi connectivity index (χ0) is 23.3. The van der Waals surface area contributed by atoms with Crippen LogP contribution in [0, 0.1) is 5.92 Å². The Hall–Kier alpha value is -2.68. The lowest BCUT2D eigenvalue weighted by Crippen LogP contribution is -2.32. The lowest BCUT2D eigenvalue weighted by molar-refractivity contribution is 0.0951. The number of piperidine rings is 1. The predicted molar refractivity (Wildman–Crippen MR) is 133 cm³/mol. The fraction of sp³-hybridized carbons (Fsp3) is 0.320. The molecule has 174 valence electrons. The number of thiophene rings is 1. The van der Waals surface area contributed by atoms with Crippen molar-refractivity contribution < 1.29 is 13.2 Å². The maximum atomic E-state index is 12.5. The van der Waals surface area contributed by atoms with Gasteiger partial charge in [-0.1, -0.05) is 37.3 Å². The van der Waals surface area contributed by atoms with Gasteiger partial charge in [0.05, 0.1) is 0 Å². The van der Waals surface area contributed by atoms with Crippen molar-refractivity contribution in [3.05, 3.63) is 82.7 Å². The van der Waals surface area contributed by atoms with E-state index in [-0.39, 0.29) is 10.1 Å². The van der Waals surface area contributed by atoms with E-state index in [4.69, 9.17) is 0 Å². The number of hydrogen-bond donors (Lipinski definition) is 2. The van der Waals surface area contributed by atoms with Crippen LogP contribution in [0.25, 0.3) is 0 Å². The average molecular weight is 484 g/mol. The van der Waals surface area contributed by atoms with E-state index in [9.17, 15) is 13.2 Å². The second kappa shape index (κ2) is 10.5. The van der Waals surface area contributed by atoms with E-state index in [0.29, 0.717) is 17.8 Å². The molecule has 33 heavy (non-hydrogen) atoms. The summed E-state index contributed by atoms with van der Waals surface area (Å²) in [5.41, 5.74) is 3.23. The minimum atomic E-state index is -3.60. The molecule has 0 radical (unpaired) electrons. The van der Waals surface area contributed by atoms with Crippen molar-refractivity contribution in [1.29, 1.82) is 0 Å². The molecule has 3 aromatic rings. The van der Waals surface area contributed by atoms with Crippen LogP contribution in [0.2, 0.25) is 0 Å². The van der Waals surface area contributed by atoms with Gasteiger partial charge in [0.25, 0.3) is 15.9 Å². The highest BCUT2D eigenvalue weighted by atomic mass is 32.2.